The van der Waals surface area contributed by atoms with Crippen LogP contribution < -0.4 is 0 Å². The zero-order valence-electron chi connectivity index (χ0n) is 10.6. The Hall–Kier alpha value is -1.18. The van der Waals surface area contributed by atoms with Gasteiger partial charge in [-0.2, -0.15) is 5.26 Å². The fourth-order valence-corrected chi connectivity index (χ4v) is 3.76. The van der Waals surface area contributed by atoms with Gasteiger partial charge >= 0.3 is 0 Å². The summed E-state index contributed by atoms with van der Waals surface area (Å²) in [5.41, 5.74) is 3.01. The average Bonchev–Trinajstić information content (AvgIpc) is 2.81. The Morgan fingerprint density at radius 2 is 2.21 bits per heavy atom. The van der Waals surface area contributed by atoms with Crippen molar-refractivity contribution < 1.29 is 0 Å². The minimum Gasteiger partial charge on any atom is -0.239 e. The number of rotatable bonds is 2. The third-order valence-electron chi connectivity index (χ3n) is 3.85. The molecule has 1 aromatic heterocycles. The van der Waals surface area contributed by atoms with E-state index in [4.69, 9.17) is 4.98 Å². The summed E-state index contributed by atoms with van der Waals surface area (Å²) in [6.07, 6.45) is 3.03. The molecule has 96 valence electrons. The van der Waals surface area contributed by atoms with E-state index in [-0.39, 0.29) is 5.41 Å². The SMILES string of the molecule is Cc1ccc(Br)cc1-c1nc(C2(C#N)CCC2)cs1. The lowest BCUT2D eigenvalue weighted by molar-refractivity contribution is 0.317. The lowest BCUT2D eigenvalue weighted by Crippen LogP contribution is -2.32. The highest BCUT2D eigenvalue weighted by atomic mass is 79.9. The summed E-state index contributed by atoms with van der Waals surface area (Å²) in [5, 5.41) is 12.4. The van der Waals surface area contributed by atoms with E-state index >= 15 is 0 Å². The maximum absolute atomic E-state index is 9.38. The first-order chi connectivity index (χ1) is 9.14. The van der Waals surface area contributed by atoms with Crippen molar-refractivity contribution in [3.8, 4) is 16.6 Å². The number of nitriles is 1. The van der Waals surface area contributed by atoms with Gasteiger partial charge in [-0.25, -0.2) is 4.98 Å². The van der Waals surface area contributed by atoms with Gasteiger partial charge in [-0.3, -0.25) is 0 Å². The normalized spacial score (nSPS) is 16.7. The number of aromatic nitrogens is 1. The summed E-state index contributed by atoms with van der Waals surface area (Å²) in [4.78, 5) is 4.72. The Balaban J connectivity index is 2.02. The van der Waals surface area contributed by atoms with Gasteiger partial charge in [-0.15, -0.1) is 11.3 Å². The number of aryl methyl sites for hydroxylation is 1. The minimum atomic E-state index is -0.311. The van der Waals surface area contributed by atoms with Gasteiger partial charge in [-0.1, -0.05) is 22.0 Å². The Labute approximate surface area is 125 Å². The number of nitrogens with zero attached hydrogens (tertiary/aromatic N) is 2. The number of hydrogen-bond donors (Lipinski definition) is 0. The van der Waals surface area contributed by atoms with Crippen LogP contribution >= 0.6 is 27.3 Å². The second kappa shape index (κ2) is 4.73. The van der Waals surface area contributed by atoms with Crippen molar-refractivity contribution in [3.05, 3.63) is 39.3 Å². The highest BCUT2D eigenvalue weighted by molar-refractivity contribution is 9.10. The molecule has 0 radical (unpaired) electrons. The van der Waals surface area contributed by atoms with Crippen LogP contribution in [0.2, 0.25) is 0 Å². The third-order valence-corrected chi connectivity index (χ3v) is 5.21. The Kier molecular flexibility index (Phi) is 3.20. The van der Waals surface area contributed by atoms with Crippen molar-refractivity contribution in [2.75, 3.05) is 0 Å². The predicted octanol–water partition coefficient (Wildman–Crippen LogP) is 4.83. The van der Waals surface area contributed by atoms with Gasteiger partial charge in [0, 0.05) is 15.4 Å². The Bertz CT molecular complexity index is 665. The molecule has 1 aliphatic carbocycles. The predicted molar refractivity (Wildman–Crippen MR) is 81.1 cm³/mol. The zero-order valence-corrected chi connectivity index (χ0v) is 13.0. The van der Waals surface area contributed by atoms with Gasteiger partial charge in [0.2, 0.25) is 0 Å². The Morgan fingerprint density at radius 3 is 2.84 bits per heavy atom. The van der Waals surface area contributed by atoms with Crippen molar-refractivity contribution >= 4 is 27.3 Å². The molecule has 0 aliphatic heterocycles. The molecule has 1 aliphatic rings. The molecule has 0 amide bonds. The van der Waals surface area contributed by atoms with E-state index in [0.717, 1.165) is 40.0 Å². The van der Waals surface area contributed by atoms with E-state index in [1.165, 1.54) is 5.56 Å². The molecule has 0 unspecified atom stereocenters. The molecular formula is C15H13BrN2S. The second-order valence-electron chi connectivity index (χ2n) is 5.04. The highest BCUT2D eigenvalue weighted by Gasteiger charge is 2.41. The van der Waals surface area contributed by atoms with Gasteiger partial charge in [0.05, 0.1) is 11.8 Å². The van der Waals surface area contributed by atoms with Crippen molar-refractivity contribution in [3.63, 3.8) is 0 Å². The van der Waals surface area contributed by atoms with Crippen molar-refractivity contribution in [2.45, 2.75) is 31.6 Å². The third kappa shape index (κ3) is 2.11. The van der Waals surface area contributed by atoms with Crippen LogP contribution in [0.5, 0.6) is 0 Å². The topological polar surface area (TPSA) is 36.7 Å². The molecule has 2 aromatic rings. The van der Waals surface area contributed by atoms with Crippen molar-refractivity contribution in [1.82, 2.24) is 4.98 Å². The average molecular weight is 333 g/mol. The first kappa shape index (κ1) is 12.8. The fourth-order valence-electron chi connectivity index (χ4n) is 2.40. The molecule has 4 heteroatoms. The van der Waals surface area contributed by atoms with Crippen LogP contribution in [0.25, 0.3) is 10.6 Å². The second-order valence-corrected chi connectivity index (χ2v) is 6.82. The van der Waals surface area contributed by atoms with E-state index in [2.05, 4.69) is 46.4 Å². The van der Waals surface area contributed by atoms with Crippen LogP contribution in [0.3, 0.4) is 0 Å². The smallest absolute Gasteiger partial charge is 0.123 e. The first-order valence-corrected chi connectivity index (χ1v) is 7.96. The van der Waals surface area contributed by atoms with Crippen molar-refractivity contribution in [1.29, 1.82) is 5.26 Å². The number of hydrogen-bond acceptors (Lipinski definition) is 3. The van der Waals surface area contributed by atoms with Gasteiger partial charge < -0.3 is 0 Å². The summed E-state index contributed by atoms with van der Waals surface area (Å²) in [6.45, 7) is 2.09. The summed E-state index contributed by atoms with van der Waals surface area (Å²) in [7, 11) is 0. The first-order valence-electron chi connectivity index (χ1n) is 6.28. The summed E-state index contributed by atoms with van der Waals surface area (Å²) in [5.74, 6) is 0. The summed E-state index contributed by atoms with van der Waals surface area (Å²) < 4.78 is 1.06. The maximum Gasteiger partial charge on any atom is 0.123 e. The lowest BCUT2D eigenvalue weighted by atomic mass is 9.68. The van der Waals surface area contributed by atoms with Gasteiger partial charge in [-0.05, 0) is 43.9 Å². The number of thiazole rings is 1. The standard InChI is InChI=1S/C15H13BrN2S/c1-10-3-4-11(16)7-12(10)14-18-13(8-19-14)15(9-17)5-2-6-15/h3-4,7-8H,2,5-6H2,1H3. The van der Waals surface area contributed by atoms with Crippen LogP contribution in [0.4, 0.5) is 0 Å². The summed E-state index contributed by atoms with van der Waals surface area (Å²) >= 11 is 5.14. The lowest BCUT2D eigenvalue weighted by Gasteiger charge is -2.33. The van der Waals surface area contributed by atoms with E-state index < -0.39 is 0 Å². The molecule has 2 nitrogen and oxygen atoms in total. The van der Waals surface area contributed by atoms with E-state index in [1.807, 2.05) is 6.07 Å². The molecule has 19 heavy (non-hydrogen) atoms. The van der Waals surface area contributed by atoms with E-state index in [1.54, 1.807) is 11.3 Å². The monoisotopic (exact) mass is 332 g/mol. The molecule has 0 atom stereocenters. The highest BCUT2D eigenvalue weighted by Crippen LogP contribution is 2.44. The Morgan fingerprint density at radius 1 is 1.42 bits per heavy atom. The van der Waals surface area contributed by atoms with E-state index in [9.17, 15) is 5.26 Å². The molecule has 1 aromatic carbocycles. The van der Waals surface area contributed by atoms with Crippen LogP contribution in [0, 0.1) is 18.3 Å². The summed E-state index contributed by atoms with van der Waals surface area (Å²) in [6, 6.07) is 8.68. The number of benzene rings is 1. The van der Waals surface area contributed by atoms with E-state index in [0.29, 0.717) is 0 Å². The van der Waals surface area contributed by atoms with Gasteiger partial charge in [0.15, 0.2) is 0 Å². The minimum absolute atomic E-state index is 0.311. The molecule has 1 fully saturated rings. The molecule has 0 bridgehead atoms. The van der Waals surface area contributed by atoms with Gasteiger partial charge in [0.25, 0.3) is 0 Å². The van der Waals surface area contributed by atoms with Crippen molar-refractivity contribution in [2.24, 2.45) is 0 Å². The molecule has 1 heterocycles. The zero-order chi connectivity index (χ0) is 13.5. The van der Waals surface area contributed by atoms with Crippen LogP contribution in [0.15, 0.2) is 28.1 Å². The quantitative estimate of drug-likeness (QED) is 0.789. The molecule has 3 rings (SSSR count). The molecule has 0 saturated heterocycles. The van der Waals surface area contributed by atoms with Crippen LogP contribution in [0.1, 0.15) is 30.5 Å². The number of halogens is 1. The fraction of sp³-hybridized carbons (Fsp3) is 0.333. The molecular weight excluding hydrogens is 320 g/mol. The molecule has 1 saturated carbocycles. The largest absolute Gasteiger partial charge is 0.239 e. The van der Waals surface area contributed by atoms with Gasteiger partial charge in [0.1, 0.15) is 10.4 Å². The maximum atomic E-state index is 9.38. The molecule has 0 N–H and O–H groups in total. The van der Waals surface area contributed by atoms with Crippen LogP contribution in [-0.2, 0) is 5.41 Å². The van der Waals surface area contributed by atoms with Crippen LogP contribution in [-0.4, -0.2) is 4.98 Å². The molecule has 0 spiro atoms.